The average molecular weight is 406 g/mol. The minimum absolute atomic E-state index is 0.111. The summed E-state index contributed by atoms with van der Waals surface area (Å²) in [6.07, 6.45) is 3.36. The maximum Gasteiger partial charge on any atom is 0.321 e. The Morgan fingerprint density at radius 2 is 2.29 bits per heavy atom. The Balaban J connectivity index is 1.58. The fourth-order valence-corrected chi connectivity index (χ4v) is 4.23. The van der Waals surface area contributed by atoms with Gasteiger partial charge in [-0.3, -0.25) is 9.59 Å². The van der Waals surface area contributed by atoms with Crippen molar-refractivity contribution in [3.8, 4) is 0 Å². The zero-order valence-corrected chi connectivity index (χ0v) is 15.0. The number of rotatable bonds is 5. The monoisotopic (exact) mass is 406 g/mol. The molecule has 21 heavy (non-hydrogen) atoms. The van der Waals surface area contributed by atoms with E-state index >= 15 is 0 Å². The predicted octanol–water partition coefficient (Wildman–Crippen LogP) is 2.90. The summed E-state index contributed by atoms with van der Waals surface area (Å²) in [6, 6.07) is 0. The van der Waals surface area contributed by atoms with Crippen LogP contribution in [0.1, 0.15) is 46.5 Å². The van der Waals surface area contributed by atoms with Crippen LogP contribution in [0.5, 0.6) is 0 Å². The molecule has 0 spiro atoms. The van der Waals surface area contributed by atoms with Crippen molar-refractivity contribution in [3.63, 3.8) is 0 Å². The lowest BCUT2D eigenvalue weighted by atomic mass is 9.77. The summed E-state index contributed by atoms with van der Waals surface area (Å²) in [6.45, 7) is 5.86. The summed E-state index contributed by atoms with van der Waals surface area (Å²) in [5.41, 5.74) is 0. The van der Waals surface area contributed by atoms with Gasteiger partial charge in [-0.1, -0.05) is 29.5 Å². The molecule has 1 aliphatic carbocycles. The molecule has 118 valence electrons. The fourth-order valence-electron chi connectivity index (χ4n) is 4.10. The van der Waals surface area contributed by atoms with E-state index in [1.54, 1.807) is 0 Å². The molecular weight excluding hydrogens is 383 g/mol. The number of ketones is 1. The number of esters is 1. The first kappa shape index (κ1) is 15.7. The summed E-state index contributed by atoms with van der Waals surface area (Å²) < 4.78 is 11.1. The maximum atomic E-state index is 12.1. The largest absolute Gasteiger partial charge is 0.462 e. The predicted molar refractivity (Wildman–Crippen MR) is 86.3 cm³/mol. The molecule has 2 heterocycles. The van der Waals surface area contributed by atoms with E-state index in [0.29, 0.717) is 24.0 Å². The number of hydrogen-bond donors (Lipinski definition) is 0. The lowest BCUT2D eigenvalue weighted by molar-refractivity contribution is -0.151. The van der Waals surface area contributed by atoms with Gasteiger partial charge >= 0.3 is 5.97 Å². The highest BCUT2D eigenvalue weighted by Crippen LogP contribution is 2.55. The minimum atomic E-state index is -0.453. The molecule has 0 aromatic carbocycles. The van der Waals surface area contributed by atoms with Crippen molar-refractivity contribution in [3.05, 3.63) is 0 Å². The number of ether oxygens (including phenoxy) is 2. The van der Waals surface area contributed by atoms with E-state index in [0.717, 1.165) is 19.3 Å². The molecular formula is C16H23IO4. The average Bonchev–Trinajstić information content (AvgIpc) is 3.03. The highest BCUT2D eigenvalue weighted by molar-refractivity contribution is 14.1. The SMILES string of the molecule is CCC(C)(I)C(=O)OC(C)CC1C2CC3C(=O)CC1C3O2. The van der Waals surface area contributed by atoms with E-state index in [2.05, 4.69) is 22.6 Å². The van der Waals surface area contributed by atoms with Gasteiger partial charge in [-0.15, -0.1) is 0 Å². The first-order valence-electron chi connectivity index (χ1n) is 7.91. The van der Waals surface area contributed by atoms with Crippen LogP contribution < -0.4 is 0 Å². The molecule has 1 saturated carbocycles. The van der Waals surface area contributed by atoms with Crippen molar-refractivity contribution in [1.29, 1.82) is 0 Å². The molecule has 3 aliphatic rings. The van der Waals surface area contributed by atoms with Crippen molar-refractivity contribution in [1.82, 2.24) is 0 Å². The first-order chi connectivity index (χ1) is 9.83. The van der Waals surface area contributed by atoms with Crippen molar-refractivity contribution in [2.75, 3.05) is 0 Å². The first-order valence-corrected chi connectivity index (χ1v) is 8.99. The molecule has 2 aliphatic heterocycles. The van der Waals surface area contributed by atoms with E-state index < -0.39 is 3.42 Å². The van der Waals surface area contributed by atoms with Crippen LogP contribution in [-0.4, -0.2) is 33.5 Å². The van der Waals surface area contributed by atoms with Crippen LogP contribution in [0.4, 0.5) is 0 Å². The number of Topliss-reactive ketones (excluding diaryl/α,β-unsaturated/α-hetero) is 1. The summed E-state index contributed by atoms with van der Waals surface area (Å²) in [5.74, 6) is 1.14. The number of halogens is 1. The molecule has 0 aromatic heterocycles. The molecule has 3 fully saturated rings. The molecule has 0 N–H and O–H groups in total. The van der Waals surface area contributed by atoms with Crippen LogP contribution in [0.25, 0.3) is 0 Å². The van der Waals surface area contributed by atoms with E-state index in [4.69, 9.17) is 9.47 Å². The van der Waals surface area contributed by atoms with Crippen LogP contribution in [0.2, 0.25) is 0 Å². The lowest BCUT2D eigenvalue weighted by Gasteiger charge is -2.28. The van der Waals surface area contributed by atoms with Crippen molar-refractivity contribution < 1.29 is 19.1 Å². The molecule has 2 saturated heterocycles. The van der Waals surface area contributed by atoms with Crippen molar-refractivity contribution in [2.45, 2.75) is 68.2 Å². The van der Waals surface area contributed by atoms with Gasteiger partial charge in [0, 0.05) is 12.3 Å². The lowest BCUT2D eigenvalue weighted by Crippen LogP contribution is -2.35. The Labute approximate surface area is 139 Å². The van der Waals surface area contributed by atoms with E-state index in [9.17, 15) is 9.59 Å². The topological polar surface area (TPSA) is 52.6 Å². The normalized spacial score (nSPS) is 41.1. The number of fused-ring (bicyclic) bond motifs is 1. The second-order valence-corrected chi connectivity index (χ2v) is 9.36. The summed E-state index contributed by atoms with van der Waals surface area (Å²) in [7, 11) is 0. The molecule has 0 amide bonds. The van der Waals surface area contributed by atoms with Crippen LogP contribution >= 0.6 is 22.6 Å². The third-order valence-electron chi connectivity index (χ3n) is 5.52. The third kappa shape index (κ3) is 2.64. The highest BCUT2D eigenvalue weighted by Gasteiger charge is 2.60. The maximum absolute atomic E-state index is 12.1. The van der Waals surface area contributed by atoms with Gasteiger partial charge in [-0.05, 0) is 44.9 Å². The van der Waals surface area contributed by atoms with Crippen molar-refractivity contribution >= 4 is 34.3 Å². The van der Waals surface area contributed by atoms with E-state index in [1.807, 2.05) is 20.8 Å². The minimum Gasteiger partial charge on any atom is -0.462 e. The zero-order valence-electron chi connectivity index (χ0n) is 12.8. The fraction of sp³-hybridized carbons (Fsp3) is 0.875. The zero-order chi connectivity index (χ0) is 15.4. The Bertz CT molecular complexity index is 461. The van der Waals surface area contributed by atoms with Gasteiger partial charge in [0.25, 0.3) is 0 Å². The highest BCUT2D eigenvalue weighted by atomic mass is 127. The quantitative estimate of drug-likeness (QED) is 0.400. The van der Waals surface area contributed by atoms with Crippen LogP contribution in [-0.2, 0) is 19.1 Å². The molecule has 7 atom stereocenters. The second-order valence-electron chi connectivity index (χ2n) is 6.98. The summed E-state index contributed by atoms with van der Waals surface area (Å²) in [5, 5.41) is 0. The molecule has 0 radical (unpaired) electrons. The van der Waals surface area contributed by atoms with Gasteiger partial charge in [-0.2, -0.15) is 0 Å². The van der Waals surface area contributed by atoms with Gasteiger partial charge < -0.3 is 9.47 Å². The number of hydrogen-bond acceptors (Lipinski definition) is 4. The number of carbonyl (C=O) groups is 2. The molecule has 3 rings (SSSR count). The molecule has 2 bridgehead atoms. The van der Waals surface area contributed by atoms with Crippen molar-refractivity contribution in [2.24, 2.45) is 17.8 Å². The summed E-state index contributed by atoms with van der Waals surface area (Å²) in [4.78, 5) is 24.0. The second kappa shape index (κ2) is 5.48. The third-order valence-corrected chi connectivity index (χ3v) is 6.72. The van der Waals surface area contributed by atoms with Crippen LogP contribution in [0.3, 0.4) is 0 Å². The number of alkyl halides is 1. The Morgan fingerprint density at radius 1 is 1.57 bits per heavy atom. The van der Waals surface area contributed by atoms with Crippen LogP contribution in [0, 0.1) is 17.8 Å². The molecule has 7 unspecified atom stereocenters. The van der Waals surface area contributed by atoms with E-state index in [1.165, 1.54) is 0 Å². The van der Waals surface area contributed by atoms with Crippen LogP contribution in [0.15, 0.2) is 0 Å². The number of carbonyl (C=O) groups excluding carboxylic acids is 2. The van der Waals surface area contributed by atoms with Gasteiger partial charge in [0.05, 0.1) is 18.3 Å². The van der Waals surface area contributed by atoms with Gasteiger partial charge in [0.2, 0.25) is 0 Å². The Kier molecular flexibility index (Phi) is 4.10. The molecule has 4 nitrogen and oxygen atoms in total. The van der Waals surface area contributed by atoms with Gasteiger partial charge in [-0.25, -0.2) is 0 Å². The smallest absolute Gasteiger partial charge is 0.321 e. The standard InChI is InChI=1S/C16H23IO4/c1-4-16(3,17)15(19)20-8(2)5-9-10-6-12(18)11-7-13(9)21-14(10)11/h8-11,13-14H,4-7H2,1-3H3. The van der Waals surface area contributed by atoms with Gasteiger partial charge in [0.1, 0.15) is 9.20 Å². The Hall–Kier alpha value is -0.170. The summed E-state index contributed by atoms with van der Waals surface area (Å²) >= 11 is 2.16. The van der Waals surface area contributed by atoms with E-state index in [-0.39, 0.29) is 30.2 Å². The molecule has 0 aromatic rings. The Morgan fingerprint density at radius 3 is 2.95 bits per heavy atom. The van der Waals surface area contributed by atoms with Gasteiger partial charge in [0.15, 0.2) is 0 Å². The molecule has 5 heteroatoms.